The predicted octanol–water partition coefficient (Wildman–Crippen LogP) is 12.1. The van der Waals surface area contributed by atoms with Crippen LogP contribution in [0, 0.1) is 0 Å². The first-order valence-corrected chi connectivity index (χ1v) is 25.2. The standard InChI is InChI=1S/C46H90NO9P/c1-6-8-10-12-14-16-18-20-22-24-26-28-30-32-34-36-45(50)54-40-43(41-55-57(52,53)42(3)47(4,5)39-38-44(48)49)56-46(51)37-35-33-31-29-27-25-23-21-19-17-15-13-11-9-7-2/h21,23,42-44,48-49H,6-20,22,24-41H2,1-5H3/p+1/b23-21-/t42?,43-/m1/s1. The summed E-state index contributed by atoms with van der Waals surface area (Å²) in [5.74, 6) is -1.73. The van der Waals surface area contributed by atoms with Crippen LogP contribution in [0.25, 0.3) is 0 Å². The van der Waals surface area contributed by atoms with Crippen molar-refractivity contribution in [2.24, 2.45) is 0 Å². The van der Waals surface area contributed by atoms with Crippen molar-refractivity contribution < 1.29 is 47.7 Å². The number of rotatable bonds is 42. The molecule has 0 amide bonds. The molecule has 0 aromatic heterocycles. The first-order chi connectivity index (χ1) is 27.4. The Kier molecular flexibility index (Phi) is 36.8. The second-order valence-electron chi connectivity index (χ2n) is 17.1. The normalized spacial score (nSPS) is 14.3. The lowest BCUT2D eigenvalue weighted by molar-refractivity contribution is -0.901. The van der Waals surface area contributed by atoms with Crippen LogP contribution in [0.1, 0.15) is 220 Å². The number of nitrogens with zero attached hydrogens (tertiary/aromatic N) is 1. The van der Waals surface area contributed by atoms with Gasteiger partial charge in [-0.2, -0.15) is 0 Å². The van der Waals surface area contributed by atoms with E-state index in [0.717, 1.165) is 51.4 Å². The van der Waals surface area contributed by atoms with Crippen molar-refractivity contribution in [2.75, 3.05) is 33.9 Å². The van der Waals surface area contributed by atoms with Gasteiger partial charge in [0, 0.05) is 19.3 Å². The van der Waals surface area contributed by atoms with Crippen LogP contribution in [0.15, 0.2) is 12.2 Å². The molecule has 0 aliphatic heterocycles. The molecule has 0 aromatic rings. The summed E-state index contributed by atoms with van der Waals surface area (Å²) in [5, 5.41) is 18.6. The minimum atomic E-state index is -4.24. The van der Waals surface area contributed by atoms with E-state index in [1.807, 2.05) is 0 Å². The first kappa shape index (κ1) is 55.7. The summed E-state index contributed by atoms with van der Waals surface area (Å²) in [5.41, 5.74) is 0. The van der Waals surface area contributed by atoms with E-state index in [-0.39, 0.29) is 42.9 Å². The maximum Gasteiger partial charge on any atom is 0.384 e. The van der Waals surface area contributed by atoms with E-state index in [0.29, 0.717) is 6.42 Å². The summed E-state index contributed by atoms with van der Waals surface area (Å²) in [6.07, 6.45) is 36.3. The van der Waals surface area contributed by atoms with Gasteiger partial charge in [-0.05, 0) is 45.4 Å². The number of hydrogen-bond acceptors (Lipinski definition) is 8. The Labute approximate surface area is 350 Å². The molecule has 338 valence electrons. The van der Waals surface area contributed by atoms with E-state index in [4.69, 9.17) is 14.0 Å². The van der Waals surface area contributed by atoms with Crippen molar-refractivity contribution >= 4 is 19.5 Å². The third-order valence-corrected chi connectivity index (χ3v) is 13.3. The second-order valence-corrected chi connectivity index (χ2v) is 19.2. The number of allylic oxidation sites excluding steroid dienone is 2. The van der Waals surface area contributed by atoms with Gasteiger partial charge >= 0.3 is 19.5 Å². The lowest BCUT2D eigenvalue weighted by Crippen LogP contribution is -2.49. The average Bonchev–Trinajstić information content (AvgIpc) is 3.17. The van der Waals surface area contributed by atoms with E-state index < -0.39 is 38.3 Å². The first-order valence-electron chi connectivity index (χ1n) is 23.5. The zero-order chi connectivity index (χ0) is 42.5. The molecule has 3 N–H and O–H groups in total. The highest BCUT2D eigenvalue weighted by Crippen LogP contribution is 2.50. The molecule has 0 saturated heterocycles. The molecular formula is C46H91NO9P+. The molecule has 0 rings (SSSR count). The van der Waals surface area contributed by atoms with Gasteiger partial charge in [-0.25, -0.2) is 0 Å². The lowest BCUT2D eigenvalue weighted by Gasteiger charge is -2.37. The fraction of sp³-hybridized carbons (Fsp3) is 0.913. The van der Waals surface area contributed by atoms with Crippen LogP contribution in [0.2, 0.25) is 0 Å². The van der Waals surface area contributed by atoms with E-state index >= 15 is 0 Å². The van der Waals surface area contributed by atoms with Crippen molar-refractivity contribution in [1.82, 2.24) is 0 Å². The molecule has 0 aliphatic rings. The SMILES string of the molecule is CCCCCCCC/C=C\CCCCCCCC(=O)O[C@H](COC(=O)CCCCCCCCCCCCCCCCC)COP(=O)(O)C(C)[N+](C)(C)CCC(O)O. The summed E-state index contributed by atoms with van der Waals surface area (Å²) in [4.78, 5) is 36.3. The lowest BCUT2D eigenvalue weighted by atomic mass is 10.0. The number of aliphatic hydroxyl groups excluding tert-OH is 1. The van der Waals surface area contributed by atoms with Gasteiger partial charge in [-0.1, -0.05) is 167 Å². The second kappa shape index (κ2) is 37.7. The molecule has 0 saturated carbocycles. The van der Waals surface area contributed by atoms with Gasteiger partial charge in [-0.15, -0.1) is 0 Å². The van der Waals surface area contributed by atoms with Gasteiger partial charge in [0.25, 0.3) is 0 Å². The van der Waals surface area contributed by atoms with Crippen molar-refractivity contribution in [3.8, 4) is 0 Å². The van der Waals surface area contributed by atoms with Crippen LogP contribution in [0.5, 0.6) is 0 Å². The number of carbonyl (C=O) groups is 2. The van der Waals surface area contributed by atoms with E-state index in [2.05, 4.69) is 26.0 Å². The number of quaternary nitrogens is 1. The molecule has 0 spiro atoms. The summed E-state index contributed by atoms with van der Waals surface area (Å²) in [6, 6.07) is 0. The fourth-order valence-corrected chi connectivity index (χ4v) is 8.43. The Morgan fingerprint density at radius 3 is 1.40 bits per heavy atom. The van der Waals surface area contributed by atoms with Crippen molar-refractivity contribution in [2.45, 2.75) is 238 Å². The van der Waals surface area contributed by atoms with Crippen LogP contribution in [0.4, 0.5) is 0 Å². The molecule has 11 heteroatoms. The van der Waals surface area contributed by atoms with Gasteiger partial charge in [0.15, 0.2) is 18.2 Å². The number of esters is 2. The summed E-state index contributed by atoms with van der Waals surface area (Å²) < 4.78 is 29.9. The zero-order valence-corrected chi connectivity index (χ0v) is 38.5. The van der Waals surface area contributed by atoms with Crippen molar-refractivity contribution in [3.63, 3.8) is 0 Å². The molecule has 0 fully saturated rings. The molecule has 10 nitrogen and oxygen atoms in total. The van der Waals surface area contributed by atoms with Gasteiger partial charge in [0.05, 0.1) is 27.2 Å². The quantitative estimate of drug-likeness (QED) is 0.0137. The van der Waals surface area contributed by atoms with Crippen LogP contribution in [-0.2, 0) is 28.2 Å². The molecule has 0 radical (unpaired) electrons. The van der Waals surface area contributed by atoms with Gasteiger partial charge in [-0.3, -0.25) is 14.2 Å². The van der Waals surface area contributed by atoms with Crippen LogP contribution < -0.4 is 0 Å². The smallest absolute Gasteiger partial charge is 0.384 e. The minimum absolute atomic E-state index is 0.0135. The van der Waals surface area contributed by atoms with Crippen molar-refractivity contribution in [1.29, 1.82) is 0 Å². The molecule has 57 heavy (non-hydrogen) atoms. The topological polar surface area (TPSA) is 140 Å². The maximum atomic E-state index is 13.3. The van der Waals surface area contributed by atoms with E-state index in [1.165, 1.54) is 122 Å². The highest BCUT2D eigenvalue weighted by atomic mass is 31.2. The number of unbranched alkanes of at least 4 members (excludes halogenated alkanes) is 25. The van der Waals surface area contributed by atoms with Crippen LogP contribution in [-0.4, -0.2) is 83.6 Å². The number of aliphatic hydroxyl groups is 2. The fourth-order valence-electron chi connectivity index (χ4n) is 6.93. The average molecular weight is 833 g/mol. The number of ether oxygens (including phenoxy) is 2. The molecule has 0 bridgehead atoms. The Morgan fingerprint density at radius 2 is 0.982 bits per heavy atom. The Morgan fingerprint density at radius 1 is 0.596 bits per heavy atom. The van der Waals surface area contributed by atoms with Crippen LogP contribution in [0.3, 0.4) is 0 Å². The number of carbonyl (C=O) groups excluding carboxylic acids is 2. The highest BCUT2D eigenvalue weighted by molar-refractivity contribution is 7.53. The van der Waals surface area contributed by atoms with Crippen molar-refractivity contribution in [3.05, 3.63) is 12.2 Å². The third kappa shape index (κ3) is 35.2. The Balaban J connectivity index is 4.60. The maximum absolute atomic E-state index is 13.3. The largest absolute Gasteiger partial charge is 0.462 e. The summed E-state index contributed by atoms with van der Waals surface area (Å²) in [7, 11) is -0.812. The molecule has 2 unspecified atom stereocenters. The summed E-state index contributed by atoms with van der Waals surface area (Å²) >= 11 is 0. The van der Waals surface area contributed by atoms with E-state index in [9.17, 15) is 29.3 Å². The Hall–Kier alpha value is -1.29. The van der Waals surface area contributed by atoms with Gasteiger partial charge in [0.1, 0.15) is 6.61 Å². The third-order valence-electron chi connectivity index (χ3n) is 11.2. The number of hydrogen-bond donors (Lipinski definition) is 3. The van der Waals surface area contributed by atoms with Gasteiger partial charge in [0.2, 0.25) is 0 Å². The molecule has 3 atom stereocenters. The Bertz CT molecular complexity index is 1020. The molecule has 0 aliphatic carbocycles. The molecule has 0 heterocycles. The zero-order valence-electron chi connectivity index (χ0n) is 37.6. The van der Waals surface area contributed by atoms with Gasteiger partial charge < -0.3 is 33.6 Å². The highest BCUT2D eigenvalue weighted by Gasteiger charge is 2.42. The monoisotopic (exact) mass is 833 g/mol. The molecule has 0 aromatic carbocycles. The predicted molar refractivity (Wildman–Crippen MR) is 235 cm³/mol. The summed E-state index contributed by atoms with van der Waals surface area (Å²) in [6.45, 7) is 5.65. The molecular weight excluding hydrogens is 741 g/mol. The van der Waals surface area contributed by atoms with E-state index in [1.54, 1.807) is 21.0 Å². The minimum Gasteiger partial charge on any atom is -0.462 e. The van der Waals surface area contributed by atoms with Crippen LogP contribution >= 0.6 is 7.60 Å².